The van der Waals surface area contributed by atoms with E-state index >= 15 is 0 Å². The van der Waals surface area contributed by atoms with Crippen LogP contribution in [0.3, 0.4) is 0 Å². The molecule has 0 aliphatic rings. The lowest BCUT2D eigenvalue weighted by Crippen LogP contribution is -1.94. The van der Waals surface area contributed by atoms with Gasteiger partial charge in [-0.2, -0.15) is 5.26 Å². The van der Waals surface area contributed by atoms with Crippen LogP contribution in [0, 0.1) is 18.3 Å². The van der Waals surface area contributed by atoms with Gasteiger partial charge in [0.2, 0.25) is 0 Å². The summed E-state index contributed by atoms with van der Waals surface area (Å²) in [6.07, 6.45) is 0. The molecule has 0 aliphatic heterocycles. The summed E-state index contributed by atoms with van der Waals surface area (Å²) in [5.74, 6) is -0.473. The van der Waals surface area contributed by atoms with E-state index in [9.17, 15) is 13.5 Å². The van der Waals surface area contributed by atoms with Crippen LogP contribution in [-0.2, 0) is 9.05 Å². The number of phenols is 1. The largest absolute Gasteiger partial charge is 0.506 e. The highest BCUT2D eigenvalue weighted by atomic mass is 35.7. The van der Waals surface area contributed by atoms with Crippen molar-refractivity contribution in [3.05, 3.63) is 23.3 Å². The highest BCUT2D eigenvalue weighted by molar-refractivity contribution is 8.13. The number of hydrogen-bond donors (Lipinski definition) is 1. The third-order valence-electron chi connectivity index (χ3n) is 1.78. The van der Waals surface area contributed by atoms with Gasteiger partial charge in [-0.05, 0) is 19.1 Å². The molecule has 0 saturated carbocycles. The summed E-state index contributed by atoms with van der Waals surface area (Å²) in [6.45, 7) is 1.44. The van der Waals surface area contributed by atoms with Gasteiger partial charge in [-0.1, -0.05) is 0 Å². The molecule has 4 nitrogen and oxygen atoms in total. The Hall–Kier alpha value is -1.25. The van der Waals surface area contributed by atoms with Gasteiger partial charge >= 0.3 is 0 Å². The molecule has 0 aliphatic carbocycles. The van der Waals surface area contributed by atoms with Crippen LogP contribution in [-0.4, -0.2) is 13.5 Å². The number of nitriles is 1. The molecule has 0 radical (unpaired) electrons. The van der Waals surface area contributed by atoms with E-state index in [-0.39, 0.29) is 16.0 Å². The SMILES string of the molecule is Cc1c(C#N)ccc(S(=O)(=O)Cl)c1O. The number of aromatic hydroxyl groups is 1. The molecule has 0 fully saturated rings. The fourth-order valence-corrected chi connectivity index (χ4v) is 1.98. The van der Waals surface area contributed by atoms with Gasteiger partial charge in [0, 0.05) is 16.2 Å². The van der Waals surface area contributed by atoms with E-state index in [1.54, 1.807) is 0 Å². The quantitative estimate of drug-likeness (QED) is 0.743. The van der Waals surface area contributed by atoms with Crippen molar-refractivity contribution in [3.63, 3.8) is 0 Å². The lowest BCUT2D eigenvalue weighted by atomic mass is 10.1. The summed E-state index contributed by atoms with van der Waals surface area (Å²) in [6, 6.07) is 4.21. The van der Waals surface area contributed by atoms with E-state index < -0.39 is 14.8 Å². The minimum absolute atomic E-state index is 0.203. The van der Waals surface area contributed by atoms with Crippen LogP contribution in [0.4, 0.5) is 0 Å². The summed E-state index contributed by atoms with van der Waals surface area (Å²) in [5.41, 5.74) is 0.417. The summed E-state index contributed by atoms with van der Waals surface area (Å²) >= 11 is 0. The summed E-state index contributed by atoms with van der Waals surface area (Å²) in [4.78, 5) is -0.379. The molecule has 1 aromatic rings. The second kappa shape index (κ2) is 3.48. The lowest BCUT2D eigenvalue weighted by Gasteiger charge is -2.04. The molecule has 0 bridgehead atoms. The highest BCUT2D eigenvalue weighted by Crippen LogP contribution is 2.30. The number of benzene rings is 1. The molecule has 0 heterocycles. The van der Waals surface area contributed by atoms with Gasteiger partial charge in [-0.3, -0.25) is 0 Å². The van der Waals surface area contributed by atoms with Gasteiger partial charge in [0.1, 0.15) is 10.6 Å². The van der Waals surface area contributed by atoms with E-state index in [1.165, 1.54) is 13.0 Å². The number of halogens is 1. The molecule has 1 N–H and O–H groups in total. The van der Waals surface area contributed by atoms with Gasteiger partial charge in [-0.25, -0.2) is 8.42 Å². The van der Waals surface area contributed by atoms with Crippen molar-refractivity contribution in [1.29, 1.82) is 5.26 Å². The molecule has 14 heavy (non-hydrogen) atoms. The Balaban J connectivity index is 3.57. The van der Waals surface area contributed by atoms with E-state index in [2.05, 4.69) is 0 Å². The second-order valence-corrected chi connectivity index (χ2v) is 5.17. The zero-order valence-electron chi connectivity index (χ0n) is 7.15. The number of hydrogen-bond acceptors (Lipinski definition) is 4. The summed E-state index contributed by atoms with van der Waals surface area (Å²) in [5, 5.41) is 18.0. The van der Waals surface area contributed by atoms with Crippen molar-refractivity contribution < 1.29 is 13.5 Å². The van der Waals surface area contributed by atoms with E-state index in [4.69, 9.17) is 15.9 Å². The average molecular weight is 232 g/mol. The van der Waals surface area contributed by atoms with Crippen LogP contribution in [0.25, 0.3) is 0 Å². The molecule has 74 valence electrons. The number of rotatable bonds is 1. The third kappa shape index (κ3) is 1.81. The average Bonchev–Trinajstić information content (AvgIpc) is 2.07. The minimum atomic E-state index is -3.97. The molecule has 0 aromatic heterocycles. The molecule has 6 heteroatoms. The Kier molecular flexibility index (Phi) is 2.69. The number of nitrogens with zero attached hydrogens (tertiary/aromatic N) is 1. The maximum Gasteiger partial charge on any atom is 0.264 e. The summed E-state index contributed by atoms with van der Waals surface area (Å²) in [7, 11) is 1.09. The van der Waals surface area contributed by atoms with Crippen LogP contribution < -0.4 is 0 Å². The Morgan fingerprint density at radius 1 is 1.50 bits per heavy atom. The van der Waals surface area contributed by atoms with Crippen molar-refractivity contribution in [2.24, 2.45) is 0 Å². The first-order chi connectivity index (χ1) is 6.38. The molecule has 1 rings (SSSR count). The highest BCUT2D eigenvalue weighted by Gasteiger charge is 2.18. The Morgan fingerprint density at radius 3 is 2.50 bits per heavy atom. The van der Waals surface area contributed by atoms with Crippen LogP contribution >= 0.6 is 10.7 Å². The molecule has 0 atom stereocenters. The van der Waals surface area contributed by atoms with Crippen molar-refractivity contribution in [1.82, 2.24) is 0 Å². The van der Waals surface area contributed by atoms with E-state index in [1.807, 2.05) is 6.07 Å². The van der Waals surface area contributed by atoms with Gasteiger partial charge in [0.25, 0.3) is 9.05 Å². The minimum Gasteiger partial charge on any atom is -0.506 e. The molecule has 0 unspecified atom stereocenters. The zero-order valence-corrected chi connectivity index (χ0v) is 8.72. The predicted octanol–water partition coefficient (Wildman–Crippen LogP) is 1.50. The maximum absolute atomic E-state index is 10.9. The molecule has 0 amide bonds. The van der Waals surface area contributed by atoms with Crippen molar-refractivity contribution in [2.45, 2.75) is 11.8 Å². The molecular weight excluding hydrogens is 226 g/mol. The third-order valence-corrected chi connectivity index (χ3v) is 3.13. The van der Waals surface area contributed by atoms with Crippen LogP contribution in [0.15, 0.2) is 17.0 Å². The maximum atomic E-state index is 10.9. The topological polar surface area (TPSA) is 78.2 Å². The Labute approximate surface area is 85.8 Å². The smallest absolute Gasteiger partial charge is 0.264 e. The van der Waals surface area contributed by atoms with Gasteiger partial charge in [0.05, 0.1) is 11.6 Å². The van der Waals surface area contributed by atoms with E-state index in [0.29, 0.717) is 0 Å². The fourth-order valence-electron chi connectivity index (χ4n) is 0.993. The standard InChI is InChI=1S/C8H6ClNO3S/c1-5-6(4-10)2-3-7(8(5)11)14(9,12)13/h2-3,11H,1H3. The van der Waals surface area contributed by atoms with Crippen LogP contribution in [0.5, 0.6) is 5.75 Å². The van der Waals surface area contributed by atoms with Gasteiger partial charge in [-0.15, -0.1) is 0 Å². The fraction of sp³-hybridized carbons (Fsp3) is 0.125. The first-order valence-corrected chi connectivity index (χ1v) is 5.86. The zero-order chi connectivity index (χ0) is 10.9. The molecule has 0 saturated heterocycles. The predicted molar refractivity (Wildman–Crippen MR) is 50.6 cm³/mol. The summed E-state index contributed by atoms with van der Waals surface area (Å²) < 4.78 is 21.9. The molecule has 0 spiro atoms. The normalized spacial score (nSPS) is 10.9. The van der Waals surface area contributed by atoms with E-state index in [0.717, 1.165) is 6.07 Å². The van der Waals surface area contributed by atoms with Crippen LogP contribution in [0.2, 0.25) is 0 Å². The van der Waals surface area contributed by atoms with Gasteiger partial charge in [0.15, 0.2) is 0 Å². The van der Waals surface area contributed by atoms with Crippen LogP contribution in [0.1, 0.15) is 11.1 Å². The van der Waals surface area contributed by atoms with Gasteiger partial charge < -0.3 is 5.11 Å². The Morgan fingerprint density at radius 2 is 2.07 bits per heavy atom. The Bertz CT molecular complexity index is 516. The molecule has 1 aromatic carbocycles. The lowest BCUT2D eigenvalue weighted by molar-refractivity contribution is 0.455. The van der Waals surface area contributed by atoms with Crippen molar-refractivity contribution in [3.8, 4) is 11.8 Å². The van der Waals surface area contributed by atoms with Crippen molar-refractivity contribution in [2.75, 3.05) is 0 Å². The second-order valence-electron chi connectivity index (χ2n) is 2.63. The first kappa shape index (κ1) is 10.8. The number of phenolic OH excluding ortho intramolecular Hbond substituents is 1. The molecular formula is C8H6ClNO3S. The first-order valence-electron chi connectivity index (χ1n) is 3.55. The van der Waals surface area contributed by atoms with Crippen molar-refractivity contribution >= 4 is 19.7 Å². The monoisotopic (exact) mass is 231 g/mol.